The Balaban J connectivity index is 0.00000289. The van der Waals surface area contributed by atoms with Crippen LogP contribution >= 0.6 is 20.2 Å². The van der Waals surface area contributed by atoms with E-state index in [1.807, 2.05) is 6.07 Å². The molecule has 0 spiro atoms. The van der Waals surface area contributed by atoms with Crippen LogP contribution in [-0.2, 0) is 27.5 Å². The molecule has 2 aromatic rings. The van der Waals surface area contributed by atoms with Gasteiger partial charge in [0, 0.05) is 23.2 Å². The molecule has 0 amide bonds. The molecule has 0 aliphatic heterocycles. The predicted octanol–water partition coefficient (Wildman–Crippen LogP) is 3.87. The van der Waals surface area contributed by atoms with Gasteiger partial charge in [0.1, 0.15) is 11.5 Å². The van der Waals surface area contributed by atoms with Crippen LogP contribution in [-0.4, -0.2) is 34.5 Å². The average Bonchev–Trinajstić information content (AvgIpc) is 3.01. The minimum absolute atomic E-state index is 0. The fourth-order valence-electron chi connectivity index (χ4n) is 4.69. The Labute approximate surface area is 192 Å². The first-order valence-corrected chi connectivity index (χ1v) is 11.8. The fourth-order valence-corrected chi connectivity index (χ4v) is 5.02. The first-order valence-electron chi connectivity index (χ1n) is 10.3. The van der Waals surface area contributed by atoms with Crippen molar-refractivity contribution in [1.82, 2.24) is 5.32 Å². The molecule has 0 saturated carbocycles. The van der Waals surface area contributed by atoms with Gasteiger partial charge in [-0.3, -0.25) is 14.1 Å². The second-order valence-corrected chi connectivity index (χ2v) is 10.0. The molecule has 0 saturated heterocycles. The van der Waals surface area contributed by atoms with Gasteiger partial charge in [0.2, 0.25) is 11.6 Å². The molecule has 32 heavy (non-hydrogen) atoms. The lowest BCUT2D eigenvalue weighted by molar-refractivity contribution is 0.0813. The van der Waals surface area contributed by atoms with E-state index in [1.54, 1.807) is 6.92 Å². The van der Waals surface area contributed by atoms with E-state index in [1.165, 1.54) is 0 Å². The van der Waals surface area contributed by atoms with Gasteiger partial charge in [-0.05, 0) is 42.7 Å². The Kier molecular flexibility index (Phi) is 6.87. The number of ketones is 2. The van der Waals surface area contributed by atoms with Crippen molar-refractivity contribution in [3.63, 3.8) is 0 Å². The zero-order valence-corrected chi connectivity index (χ0v) is 19.9. The van der Waals surface area contributed by atoms with Crippen LogP contribution in [0.25, 0.3) is 11.3 Å². The summed E-state index contributed by atoms with van der Waals surface area (Å²) in [5.41, 5.74) is 4.08. The van der Waals surface area contributed by atoms with Crippen molar-refractivity contribution in [2.24, 2.45) is 0 Å². The minimum Gasteiger partial charge on any atom is -0.459 e. The highest BCUT2D eigenvalue weighted by Crippen LogP contribution is 2.45. The summed E-state index contributed by atoms with van der Waals surface area (Å²) in [6.07, 6.45) is 2.77. The summed E-state index contributed by atoms with van der Waals surface area (Å²) >= 11 is 0. The maximum Gasteiger partial charge on any atom is 0.469 e. The molecule has 2 aliphatic carbocycles. The van der Waals surface area contributed by atoms with E-state index in [0.29, 0.717) is 33.8 Å². The van der Waals surface area contributed by atoms with Crippen molar-refractivity contribution in [1.29, 1.82) is 0 Å². The predicted molar refractivity (Wildman–Crippen MR) is 120 cm³/mol. The Morgan fingerprint density at radius 1 is 1.19 bits per heavy atom. The van der Waals surface area contributed by atoms with Gasteiger partial charge in [0.25, 0.3) is 0 Å². The highest BCUT2D eigenvalue weighted by Gasteiger charge is 2.40. The zero-order chi connectivity index (χ0) is 22.6. The van der Waals surface area contributed by atoms with Crippen molar-refractivity contribution in [2.75, 3.05) is 13.2 Å². The normalized spacial score (nSPS) is 16.8. The standard InChI is InChI=1S/C22H26NO7P.ClH/c1-12-16(11-23-9-10-29-31(26,27)28)30-21-14-6-7-15-13(5-4-8-22(15,2)3)18(14)20(25)19(24)17(12)21;/h6-7,23H,4-5,8-11H2,1-3H3,(H2,26,27,28);1H. The molecule has 1 aromatic carbocycles. The van der Waals surface area contributed by atoms with Gasteiger partial charge in [-0.1, -0.05) is 26.0 Å². The van der Waals surface area contributed by atoms with Crippen LogP contribution in [0.2, 0.25) is 0 Å². The summed E-state index contributed by atoms with van der Waals surface area (Å²) in [5, 5.41) is 2.98. The number of phosphoric ester groups is 1. The number of hydrogen-bond acceptors (Lipinski definition) is 6. The van der Waals surface area contributed by atoms with E-state index in [0.717, 1.165) is 30.4 Å². The molecule has 0 fully saturated rings. The number of carbonyl (C=O) groups is 2. The van der Waals surface area contributed by atoms with Gasteiger partial charge in [-0.15, -0.1) is 12.4 Å². The molecule has 3 N–H and O–H groups in total. The largest absolute Gasteiger partial charge is 0.469 e. The number of furan rings is 1. The summed E-state index contributed by atoms with van der Waals surface area (Å²) in [7, 11) is -4.51. The van der Waals surface area contributed by atoms with Crippen LogP contribution in [0.5, 0.6) is 0 Å². The Morgan fingerprint density at radius 3 is 2.56 bits per heavy atom. The summed E-state index contributed by atoms with van der Waals surface area (Å²) in [5.74, 6) is -0.0908. The van der Waals surface area contributed by atoms with Crippen molar-refractivity contribution >= 4 is 31.8 Å². The van der Waals surface area contributed by atoms with Gasteiger partial charge in [-0.2, -0.15) is 0 Å². The maximum absolute atomic E-state index is 13.1. The highest BCUT2D eigenvalue weighted by molar-refractivity contribution is 7.46. The number of hydrogen-bond donors (Lipinski definition) is 3. The average molecular weight is 484 g/mol. The number of phosphoric acid groups is 1. The summed E-state index contributed by atoms with van der Waals surface area (Å²) in [4.78, 5) is 43.6. The minimum atomic E-state index is -4.51. The molecule has 4 rings (SSSR count). The van der Waals surface area contributed by atoms with E-state index in [-0.39, 0.29) is 37.5 Å². The molecular weight excluding hydrogens is 457 g/mol. The van der Waals surface area contributed by atoms with Crippen LogP contribution in [0.4, 0.5) is 0 Å². The van der Waals surface area contributed by atoms with Crippen molar-refractivity contribution in [3.05, 3.63) is 45.7 Å². The maximum atomic E-state index is 13.1. The SMILES string of the molecule is Cc1c(CNCCOP(=O)(O)O)oc2c1C(=O)C(=O)c1c-2ccc2c1CCCC2(C)C.Cl. The number of halogens is 1. The van der Waals surface area contributed by atoms with E-state index < -0.39 is 19.4 Å². The Bertz CT molecular complexity index is 1130. The third-order valence-corrected chi connectivity index (χ3v) is 6.76. The number of fused-ring (bicyclic) bond motifs is 5. The van der Waals surface area contributed by atoms with Crippen molar-refractivity contribution in [3.8, 4) is 11.3 Å². The van der Waals surface area contributed by atoms with Crippen molar-refractivity contribution < 1.29 is 32.9 Å². The first kappa shape index (κ1) is 24.8. The molecule has 10 heteroatoms. The molecular formula is C22H27ClNO7P. The lowest BCUT2D eigenvalue weighted by Crippen LogP contribution is -2.29. The third-order valence-electron chi connectivity index (χ3n) is 6.24. The number of carbonyl (C=O) groups excluding carboxylic acids is 2. The molecule has 1 heterocycles. The monoisotopic (exact) mass is 483 g/mol. The lowest BCUT2D eigenvalue weighted by atomic mass is 9.69. The number of rotatable bonds is 6. The second kappa shape index (κ2) is 8.86. The first-order chi connectivity index (χ1) is 14.5. The van der Waals surface area contributed by atoms with E-state index in [9.17, 15) is 14.2 Å². The van der Waals surface area contributed by atoms with Crippen LogP contribution in [0.3, 0.4) is 0 Å². The molecule has 1 aromatic heterocycles. The lowest BCUT2D eigenvalue weighted by Gasteiger charge is -2.34. The summed E-state index contributed by atoms with van der Waals surface area (Å²) in [6.45, 7) is 6.30. The number of benzene rings is 1. The van der Waals surface area contributed by atoms with Gasteiger partial charge >= 0.3 is 7.82 Å². The van der Waals surface area contributed by atoms with Crippen LogP contribution in [0.1, 0.15) is 69.9 Å². The molecule has 174 valence electrons. The van der Waals surface area contributed by atoms with Crippen LogP contribution in [0.15, 0.2) is 16.5 Å². The highest BCUT2D eigenvalue weighted by atomic mass is 35.5. The molecule has 0 radical (unpaired) electrons. The zero-order valence-electron chi connectivity index (χ0n) is 18.2. The molecule has 8 nitrogen and oxygen atoms in total. The molecule has 0 bridgehead atoms. The topological polar surface area (TPSA) is 126 Å². The Morgan fingerprint density at radius 2 is 1.88 bits per heavy atom. The van der Waals surface area contributed by atoms with Crippen molar-refractivity contribution in [2.45, 2.75) is 52.0 Å². The van der Waals surface area contributed by atoms with Gasteiger partial charge < -0.3 is 19.5 Å². The number of Topliss-reactive ketones (excluding diaryl/α,β-unsaturated/α-hetero) is 2. The van der Waals surface area contributed by atoms with Crippen LogP contribution in [0, 0.1) is 6.92 Å². The van der Waals surface area contributed by atoms with Crippen LogP contribution < -0.4 is 5.32 Å². The molecule has 0 atom stereocenters. The van der Waals surface area contributed by atoms with E-state index in [2.05, 4.69) is 29.8 Å². The van der Waals surface area contributed by atoms with E-state index in [4.69, 9.17) is 14.2 Å². The van der Waals surface area contributed by atoms with Gasteiger partial charge in [-0.25, -0.2) is 4.57 Å². The van der Waals surface area contributed by atoms with E-state index >= 15 is 0 Å². The second-order valence-electron chi connectivity index (χ2n) is 8.76. The quantitative estimate of drug-likeness (QED) is 0.321. The smallest absolute Gasteiger partial charge is 0.459 e. The van der Waals surface area contributed by atoms with Gasteiger partial charge in [0.15, 0.2) is 0 Å². The summed E-state index contributed by atoms with van der Waals surface area (Å²) in [6, 6.07) is 3.94. The Hall–Kier alpha value is -1.80. The fraction of sp³-hybridized carbons (Fsp3) is 0.455. The third kappa shape index (κ3) is 4.36. The van der Waals surface area contributed by atoms with Gasteiger partial charge in [0.05, 0.1) is 18.7 Å². The number of nitrogens with one attached hydrogen (secondary N) is 1. The summed E-state index contributed by atoms with van der Waals surface area (Å²) < 4.78 is 21.2. The molecule has 0 unspecified atom stereocenters. The molecule has 2 aliphatic rings.